The minimum absolute atomic E-state index is 0.180. The molecule has 0 unspecified atom stereocenters. The summed E-state index contributed by atoms with van der Waals surface area (Å²) in [6, 6.07) is 5.12. The molecule has 4 heterocycles. The van der Waals surface area contributed by atoms with Gasteiger partial charge < -0.3 is 10.2 Å². The van der Waals surface area contributed by atoms with Crippen molar-refractivity contribution in [3.63, 3.8) is 0 Å². The monoisotopic (exact) mass is 412 g/mol. The van der Waals surface area contributed by atoms with Gasteiger partial charge in [0.1, 0.15) is 11.6 Å². The highest BCUT2D eigenvalue weighted by Crippen LogP contribution is 2.27. The van der Waals surface area contributed by atoms with Crippen LogP contribution >= 0.6 is 11.6 Å². The first-order valence-corrected chi connectivity index (χ1v) is 9.05. The number of aromatic nitrogens is 6. The third-order valence-electron chi connectivity index (χ3n) is 4.63. The molecular formula is C16H16ClF3N8. The molecule has 0 amide bonds. The van der Waals surface area contributed by atoms with Gasteiger partial charge >= 0.3 is 6.18 Å². The van der Waals surface area contributed by atoms with Crippen molar-refractivity contribution in [3.8, 4) is 0 Å². The third kappa shape index (κ3) is 3.93. The molecule has 3 aromatic heterocycles. The van der Waals surface area contributed by atoms with Crippen LogP contribution < -0.4 is 10.2 Å². The lowest BCUT2D eigenvalue weighted by molar-refractivity contribution is -0.144. The van der Waals surface area contributed by atoms with Crippen molar-refractivity contribution in [2.75, 3.05) is 29.9 Å². The number of alkyl halides is 3. The SMILES string of the molecule is FC(F)(F)c1nccc(NCC2CCN(c3ccc4nnc(Cl)n4n3)CC2)n1. The second-order valence-corrected chi connectivity index (χ2v) is 6.84. The summed E-state index contributed by atoms with van der Waals surface area (Å²) in [5.74, 6) is 0.148. The summed E-state index contributed by atoms with van der Waals surface area (Å²) in [5.41, 5.74) is 0.580. The molecule has 0 atom stereocenters. The second-order valence-electron chi connectivity index (χ2n) is 6.51. The van der Waals surface area contributed by atoms with Gasteiger partial charge in [0.2, 0.25) is 11.1 Å². The number of hydrogen-bond acceptors (Lipinski definition) is 7. The number of fused-ring (bicyclic) bond motifs is 1. The maximum atomic E-state index is 12.7. The van der Waals surface area contributed by atoms with Crippen molar-refractivity contribution in [1.82, 2.24) is 29.8 Å². The summed E-state index contributed by atoms with van der Waals surface area (Å²) in [7, 11) is 0. The molecule has 3 aromatic rings. The van der Waals surface area contributed by atoms with E-state index < -0.39 is 12.0 Å². The smallest absolute Gasteiger partial charge is 0.370 e. The van der Waals surface area contributed by atoms with E-state index in [0.717, 1.165) is 37.9 Å². The number of rotatable bonds is 4. The predicted molar refractivity (Wildman–Crippen MR) is 96.3 cm³/mol. The Kier molecular flexibility index (Phi) is 4.92. The summed E-state index contributed by atoms with van der Waals surface area (Å²) in [6.07, 6.45) is -1.69. The molecule has 1 N–H and O–H groups in total. The standard InChI is InChI=1S/C16H16ClF3N8/c17-15-25-24-12-1-2-13(26-28(12)15)27-7-4-10(5-8-27)9-22-11-3-6-21-14(23-11)16(18,19)20/h1-3,6,10H,4-5,7-9H2,(H,21,22,23). The number of halogens is 4. The fourth-order valence-electron chi connectivity index (χ4n) is 3.13. The van der Waals surface area contributed by atoms with Gasteiger partial charge in [-0.15, -0.1) is 15.3 Å². The molecule has 1 saturated heterocycles. The first-order valence-electron chi connectivity index (χ1n) is 8.67. The van der Waals surface area contributed by atoms with E-state index in [1.54, 1.807) is 0 Å². The molecule has 0 saturated carbocycles. The lowest BCUT2D eigenvalue weighted by Gasteiger charge is -2.32. The second kappa shape index (κ2) is 7.38. The van der Waals surface area contributed by atoms with Crippen molar-refractivity contribution in [2.24, 2.45) is 5.92 Å². The maximum absolute atomic E-state index is 12.7. The lowest BCUT2D eigenvalue weighted by Crippen LogP contribution is -2.36. The summed E-state index contributed by atoms with van der Waals surface area (Å²) in [4.78, 5) is 8.93. The molecule has 12 heteroatoms. The molecule has 28 heavy (non-hydrogen) atoms. The summed E-state index contributed by atoms with van der Waals surface area (Å²) in [6.45, 7) is 2.11. The molecule has 8 nitrogen and oxygen atoms in total. The van der Waals surface area contributed by atoms with Gasteiger partial charge in [-0.3, -0.25) is 0 Å². The van der Waals surface area contributed by atoms with Crippen LogP contribution in [0.15, 0.2) is 24.4 Å². The molecular weight excluding hydrogens is 397 g/mol. The molecule has 0 aromatic carbocycles. The molecule has 0 spiro atoms. The number of nitrogens with one attached hydrogen (secondary N) is 1. The van der Waals surface area contributed by atoms with E-state index in [-0.39, 0.29) is 11.1 Å². The van der Waals surface area contributed by atoms with Gasteiger partial charge in [0.15, 0.2) is 5.65 Å². The minimum atomic E-state index is -4.55. The van der Waals surface area contributed by atoms with Crippen molar-refractivity contribution in [3.05, 3.63) is 35.5 Å². The van der Waals surface area contributed by atoms with E-state index in [4.69, 9.17) is 11.6 Å². The lowest BCUT2D eigenvalue weighted by atomic mass is 9.97. The fraction of sp³-hybridized carbons (Fsp3) is 0.438. The van der Waals surface area contributed by atoms with Crippen LogP contribution in [0.3, 0.4) is 0 Å². The molecule has 0 radical (unpaired) electrons. The van der Waals surface area contributed by atoms with Gasteiger partial charge in [-0.25, -0.2) is 9.97 Å². The molecule has 1 fully saturated rings. The fourth-order valence-corrected chi connectivity index (χ4v) is 3.29. The zero-order valence-corrected chi connectivity index (χ0v) is 15.3. The van der Waals surface area contributed by atoms with E-state index >= 15 is 0 Å². The van der Waals surface area contributed by atoms with Crippen LogP contribution in [0, 0.1) is 5.92 Å². The summed E-state index contributed by atoms with van der Waals surface area (Å²) in [5, 5.41) is 15.3. The van der Waals surface area contributed by atoms with Crippen molar-refractivity contribution >= 4 is 28.9 Å². The minimum Gasteiger partial charge on any atom is -0.370 e. The Morgan fingerprint density at radius 2 is 1.93 bits per heavy atom. The topological polar surface area (TPSA) is 84.1 Å². The largest absolute Gasteiger partial charge is 0.451 e. The normalized spacial score (nSPS) is 15.9. The van der Waals surface area contributed by atoms with E-state index in [0.29, 0.717) is 18.1 Å². The van der Waals surface area contributed by atoms with Gasteiger partial charge in [0.25, 0.3) is 0 Å². The molecule has 0 bridgehead atoms. The molecule has 4 rings (SSSR count). The quantitative estimate of drug-likeness (QED) is 0.705. The van der Waals surface area contributed by atoms with Gasteiger partial charge in [0.05, 0.1) is 0 Å². The van der Waals surface area contributed by atoms with Gasteiger partial charge in [-0.2, -0.15) is 17.7 Å². The number of anilines is 2. The van der Waals surface area contributed by atoms with Gasteiger partial charge in [-0.1, -0.05) is 0 Å². The Morgan fingerprint density at radius 1 is 1.14 bits per heavy atom. The Labute approximate surface area is 162 Å². The highest BCUT2D eigenvalue weighted by molar-refractivity contribution is 6.28. The van der Waals surface area contributed by atoms with Gasteiger partial charge in [-0.05, 0) is 48.6 Å². The number of nitrogens with zero attached hydrogens (tertiary/aromatic N) is 7. The van der Waals surface area contributed by atoms with Crippen molar-refractivity contribution in [2.45, 2.75) is 19.0 Å². The number of piperidine rings is 1. The van der Waals surface area contributed by atoms with E-state index in [2.05, 4.69) is 35.5 Å². The van der Waals surface area contributed by atoms with E-state index in [1.807, 2.05) is 12.1 Å². The van der Waals surface area contributed by atoms with Crippen LogP contribution in [0.2, 0.25) is 5.28 Å². The van der Waals surface area contributed by atoms with Crippen LogP contribution in [0.25, 0.3) is 5.65 Å². The Balaban J connectivity index is 1.33. The van der Waals surface area contributed by atoms with Crippen LogP contribution in [-0.4, -0.2) is 49.4 Å². The van der Waals surface area contributed by atoms with Crippen LogP contribution in [0.4, 0.5) is 24.8 Å². The first kappa shape index (κ1) is 18.7. The van der Waals surface area contributed by atoms with Crippen molar-refractivity contribution in [1.29, 1.82) is 0 Å². The molecule has 148 valence electrons. The first-order chi connectivity index (χ1) is 13.4. The summed E-state index contributed by atoms with van der Waals surface area (Å²) < 4.78 is 39.5. The van der Waals surface area contributed by atoms with Gasteiger partial charge in [0, 0.05) is 25.8 Å². The van der Waals surface area contributed by atoms with E-state index in [9.17, 15) is 13.2 Å². The molecule has 1 aliphatic heterocycles. The Hall–Kier alpha value is -2.69. The number of hydrogen-bond donors (Lipinski definition) is 1. The van der Waals surface area contributed by atoms with Crippen LogP contribution in [-0.2, 0) is 6.18 Å². The Morgan fingerprint density at radius 3 is 2.68 bits per heavy atom. The van der Waals surface area contributed by atoms with Crippen LogP contribution in [0.5, 0.6) is 0 Å². The van der Waals surface area contributed by atoms with Crippen molar-refractivity contribution < 1.29 is 13.2 Å². The average molecular weight is 413 g/mol. The third-order valence-corrected chi connectivity index (χ3v) is 4.87. The zero-order valence-electron chi connectivity index (χ0n) is 14.6. The zero-order chi connectivity index (χ0) is 19.7. The van der Waals surface area contributed by atoms with Crippen LogP contribution in [0.1, 0.15) is 18.7 Å². The van der Waals surface area contributed by atoms with E-state index in [1.165, 1.54) is 10.6 Å². The highest BCUT2D eigenvalue weighted by Gasteiger charge is 2.34. The molecule has 1 aliphatic rings. The molecule has 0 aliphatic carbocycles. The Bertz CT molecular complexity index is 968. The highest BCUT2D eigenvalue weighted by atomic mass is 35.5. The average Bonchev–Trinajstić information content (AvgIpc) is 3.07. The maximum Gasteiger partial charge on any atom is 0.451 e. The summed E-state index contributed by atoms with van der Waals surface area (Å²) >= 11 is 5.96. The predicted octanol–water partition coefficient (Wildman–Crippen LogP) is 2.92.